The lowest BCUT2D eigenvalue weighted by Crippen LogP contribution is -2.68. The van der Waals surface area contributed by atoms with Crippen molar-refractivity contribution >= 4 is 50.9 Å². The number of nitrogens with one attached hydrogen (secondary N) is 2. The molecule has 4 saturated heterocycles. The molecule has 1 spiro atoms. The second-order valence-corrected chi connectivity index (χ2v) is 24.6. The molecule has 425 valence electrons. The van der Waals surface area contributed by atoms with Gasteiger partial charge in [0.2, 0.25) is 17.7 Å². The molecule has 2 N–H and O–H groups in total. The molecule has 3 radical (unpaired) electrons. The zero-order valence-corrected chi connectivity index (χ0v) is 48.4. The van der Waals surface area contributed by atoms with Crippen molar-refractivity contribution in [3.05, 3.63) is 66.0 Å². The average molecular weight is 1100 g/mol. The van der Waals surface area contributed by atoms with Crippen LogP contribution in [-0.2, 0) is 47.0 Å². The van der Waals surface area contributed by atoms with Crippen LogP contribution in [0.4, 0.5) is 13.6 Å². The number of cyclic esters (lactones) is 1. The van der Waals surface area contributed by atoms with E-state index in [2.05, 4.69) is 89.0 Å². The van der Waals surface area contributed by atoms with Crippen molar-refractivity contribution in [1.82, 2.24) is 49.8 Å². The highest BCUT2D eigenvalue weighted by molar-refractivity contribution is 6.15. The van der Waals surface area contributed by atoms with Gasteiger partial charge in [0.15, 0.2) is 0 Å². The third-order valence-corrected chi connectivity index (χ3v) is 18.0. The number of pyridine rings is 1. The number of hydrogen-bond acceptors (Lipinski definition) is 11. The van der Waals surface area contributed by atoms with Crippen LogP contribution in [0.15, 0.2) is 49.2 Å². The van der Waals surface area contributed by atoms with Crippen LogP contribution in [0.25, 0.3) is 22.2 Å². The highest BCUT2D eigenvalue weighted by Crippen LogP contribution is 2.44. The molecule has 5 aliphatic heterocycles. The van der Waals surface area contributed by atoms with E-state index in [0.717, 1.165) is 52.8 Å². The Hall–Kier alpha value is -5.28. The topological polar surface area (TPSA) is 165 Å². The monoisotopic (exact) mass is 1100 g/mol. The first kappa shape index (κ1) is 58.9. The first-order chi connectivity index (χ1) is 37.0. The molecule has 2 aromatic heterocycles. The smallest absolute Gasteiger partial charge is 0.324 e. The van der Waals surface area contributed by atoms with Crippen molar-refractivity contribution in [2.75, 3.05) is 86.2 Å². The largest absolute Gasteiger partial charge is 0.464 e. The summed E-state index contributed by atoms with van der Waals surface area (Å²) in [6.45, 7) is 21.8. The summed E-state index contributed by atoms with van der Waals surface area (Å²) in [5.41, 5.74) is 7.13. The molecule has 7 heterocycles. The fourth-order valence-electron chi connectivity index (χ4n) is 13.2. The van der Waals surface area contributed by atoms with Gasteiger partial charge in [-0.05, 0) is 113 Å². The normalized spacial score (nSPS) is 25.4. The van der Waals surface area contributed by atoms with Gasteiger partial charge in [0.05, 0.1) is 46.8 Å². The van der Waals surface area contributed by atoms with E-state index in [0.29, 0.717) is 58.3 Å². The summed E-state index contributed by atoms with van der Waals surface area (Å²) < 4.78 is 42.2. The van der Waals surface area contributed by atoms with E-state index >= 15 is 4.79 Å². The van der Waals surface area contributed by atoms with E-state index in [4.69, 9.17) is 14.5 Å². The van der Waals surface area contributed by atoms with Crippen LogP contribution >= 0.6 is 0 Å². The highest BCUT2D eigenvalue weighted by Gasteiger charge is 2.48. The summed E-state index contributed by atoms with van der Waals surface area (Å²) in [7, 11) is 7.17. The lowest BCUT2D eigenvalue weighted by Gasteiger charge is -2.54. The maximum absolute atomic E-state index is 15.1. The van der Waals surface area contributed by atoms with Crippen molar-refractivity contribution in [2.45, 2.75) is 141 Å². The number of fused-ring (bicyclic) bond motifs is 6. The number of likely N-dealkylation sites (tertiary alicyclic amines) is 1. The Morgan fingerprint density at radius 1 is 1.01 bits per heavy atom. The van der Waals surface area contributed by atoms with Gasteiger partial charge < -0.3 is 39.0 Å². The van der Waals surface area contributed by atoms with E-state index in [1.807, 2.05) is 26.8 Å². The third kappa shape index (κ3) is 12.2. The maximum Gasteiger partial charge on any atom is 0.324 e. The molecule has 0 aliphatic carbocycles. The quantitative estimate of drug-likeness (QED) is 0.122. The molecule has 17 nitrogen and oxygen atoms in total. The van der Waals surface area contributed by atoms with Crippen molar-refractivity contribution in [2.24, 2.45) is 17.3 Å². The standard InChI is InChI=1S/C58H83F2N10O7Si/c1-11-47(71)67-28-29-68(33-46(59)60)58(35-67)21-26-66(27-22-58)55(75)64(9)49(37(3)4)51(72)62-52(78)43-32-65-24-15-20-57(8,34-65)39-18-19-45-41(30-39)42(50(69(45)12-2)40-16-13-23-61-48(40)38(5)76-10)31-56(6,7)36-77-54(74)44-17-14-25-70(63-44)53(43)73/h11,13,16,18-19,23,30,37-38,43-44,46,49,52,63H,1,12,14-15,17,20-22,24-29,31-36H2,2-10H3,(H,62,72)/t38-,43+,44-,49-,52?,57?/m0/s1. The van der Waals surface area contributed by atoms with Gasteiger partial charge in [-0.3, -0.25) is 34.1 Å². The number of aryl methyl sites for hydroxylation is 1. The number of carbonyl (C=O) groups is 5. The fraction of sp³-hybridized carbons (Fsp3) is 0.655. The second kappa shape index (κ2) is 24.2. The van der Waals surface area contributed by atoms with Gasteiger partial charge >= 0.3 is 12.0 Å². The summed E-state index contributed by atoms with van der Waals surface area (Å²) in [6, 6.07) is 8.82. The van der Waals surface area contributed by atoms with Crippen molar-refractivity contribution in [3.63, 3.8) is 0 Å². The Labute approximate surface area is 463 Å². The molecule has 3 aromatic rings. The predicted molar refractivity (Wildman–Crippen MR) is 296 cm³/mol. The number of amides is 5. The SMILES string of the molecule is C=CC(=O)N1CCN(CC(F)F)C2(CCN(C(=O)N(C)[C@H](C(=O)NC([Si])[C@H]3CN4CCCC(C)(C4)c4ccc5c(c4)c(c(-c4cccnc4[C@H](C)OC)n5CC)CC(C)(C)COC(=O)[C@@H]4CCCN(N4)C3=O)C(C)C)CC2)C1. The Morgan fingerprint density at radius 3 is 2.44 bits per heavy atom. The number of aromatic nitrogens is 2. The molecule has 8 rings (SSSR count). The number of hydrogen-bond donors (Lipinski definition) is 2. The second-order valence-electron chi connectivity index (χ2n) is 24.0. The number of carbonyl (C=O) groups excluding carboxylic acids is 5. The number of piperidine rings is 2. The van der Waals surface area contributed by atoms with Gasteiger partial charge in [0.1, 0.15) is 12.1 Å². The van der Waals surface area contributed by atoms with Crippen LogP contribution in [0.5, 0.6) is 0 Å². The van der Waals surface area contributed by atoms with E-state index in [1.54, 1.807) is 35.1 Å². The van der Waals surface area contributed by atoms with Crippen LogP contribution in [0.1, 0.15) is 110 Å². The Balaban J connectivity index is 1.08. The Kier molecular flexibility index (Phi) is 18.3. The molecule has 5 amide bonds. The number of esters is 1. The van der Waals surface area contributed by atoms with Gasteiger partial charge in [-0.2, -0.15) is 0 Å². The van der Waals surface area contributed by atoms with Crippen LogP contribution in [-0.4, -0.2) is 195 Å². The first-order valence-electron chi connectivity index (χ1n) is 28.1. The van der Waals surface area contributed by atoms with Crippen LogP contribution < -0.4 is 10.7 Å². The van der Waals surface area contributed by atoms with Crippen LogP contribution in [0.3, 0.4) is 0 Å². The van der Waals surface area contributed by atoms with Crippen LogP contribution in [0.2, 0.25) is 0 Å². The van der Waals surface area contributed by atoms with Gasteiger partial charge in [0.25, 0.3) is 6.43 Å². The number of rotatable bonds is 12. The van der Waals surface area contributed by atoms with E-state index < -0.39 is 59.5 Å². The van der Waals surface area contributed by atoms with E-state index in [-0.39, 0.29) is 74.6 Å². The minimum absolute atomic E-state index is 0.137. The predicted octanol–water partition coefficient (Wildman–Crippen LogP) is 6.14. The molecular weight excluding hydrogens is 1010 g/mol. The molecular formula is C58H83F2N10O7Si. The molecule has 7 atom stereocenters. The Bertz CT molecular complexity index is 2700. The van der Waals surface area contributed by atoms with Gasteiger partial charge in [-0.15, -0.1) is 0 Å². The van der Waals surface area contributed by atoms with Gasteiger partial charge in [0, 0.05) is 118 Å². The van der Waals surface area contributed by atoms with Crippen molar-refractivity contribution < 1.29 is 42.2 Å². The molecule has 6 bridgehead atoms. The number of alkyl halides is 2. The number of piperazine rings is 1. The minimum atomic E-state index is -2.56. The summed E-state index contributed by atoms with van der Waals surface area (Å²) in [5, 5.41) is 5.77. The molecule has 1 aromatic carbocycles. The van der Waals surface area contributed by atoms with Gasteiger partial charge in [-0.1, -0.05) is 47.3 Å². The number of halogens is 2. The van der Waals surface area contributed by atoms with Crippen molar-refractivity contribution in [3.8, 4) is 11.3 Å². The Morgan fingerprint density at radius 2 is 1.76 bits per heavy atom. The highest BCUT2D eigenvalue weighted by atomic mass is 28.1. The number of benzene rings is 1. The molecule has 20 heteroatoms. The maximum atomic E-state index is 15.1. The first-order valence-corrected chi connectivity index (χ1v) is 28.7. The average Bonchev–Trinajstić information content (AvgIpc) is 3.88. The fourth-order valence-corrected chi connectivity index (χ4v) is 13.6. The van der Waals surface area contributed by atoms with Gasteiger partial charge in [-0.25, -0.2) is 19.0 Å². The number of ether oxygens (including phenoxy) is 2. The number of nitrogens with zero attached hydrogens (tertiary/aromatic N) is 8. The minimum Gasteiger partial charge on any atom is -0.464 e. The molecule has 0 saturated carbocycles. The van der Waals surface area contributed by atoms with Crippen LogP contribution in [0, 0.1) is 17.3 Å². The summed E-state index contributed by atoms with van der Waals surface area (Å²) in [4.78, 5) is 84.7. The lowest BCUT2D eigenvalue weighted by molar-refractivity contribution is -0.155. The number of likely N-dealkylation sites (N-methyl/N-ethyl adjacent to an activating group) is 1. The number of urea groups is 1. The summed E-state index contributed by atoms with van der Waals surface area (Å²) in [5.74, 6) is -2.62. The summed E-state index contributed by atoms with van der Waals surface area (Å²) >= 11 is 0. The molecule has 4 fully saturated rings. The number of hydrazine groups is 1. The van der Waals surface area contributed by atoms with Crippen molar-refractivity contribution in [1.29, 1.82) is 0 Å². The zero-order valence-electron chi connectivity index (χ0n) is 47.4. The molecule has 3 unspecified atom stereocenters. The number of methoxy groups -OCH3 is 1. The molecule has 78 heavy (non-hydrogen) atoms. The van der Waals surface area contributed by atoms with E-state index in [9.17, 15) is 28.0 Å². The van der Waals surface area contributed by atoms with E-state index in [1.165, 1.54) is 21.5 Å². The lowest BCUT2D eigenvalue weighted by atomic mass is 9.75. The molecule has 5 aliphatic rings. The summed E-state index contributed by atoms with van der Waals surface area (Å²) in [6.07, 6.45) is 4.38. The third-order valence-electron chi connectivity index (χ3n) is 17.5. The zero-order chi connectivity index (χ0) is 56.4.